The molecular weight excluding hydrogens is 252 g/mol. The molecule has 0 aliphatic heterocycles. The fourth-order valence-electron chi connectivity index (χ4n) is 1.47. The van der Waals surface area contributed by atoms with Crippen LogP contribution in [0.25, 0.3) is 0 Å². The lowest BCUT2D eigenvalue weighted by atomic mass is 10.1. The SMILES string of the molecule is C#Cc1cccc(NC(=O)CN=C(N)NC(C)(C)C)c1. The summed E-state index contributed by atoms with van der Waals surface area (Å²) in [5.74, 6) is 2.50. The van der Waals surface area contributed by atoms with Crippen molar-refractivity contribution in [3.63, 3.8) is 0 Å². The monoisotopic (exact) mass is 272 g/mol. The second-order valence-electron chi connectivity index (χ2n) is 5.35. The van der Waals surface area contributed by atoms with E-state index in [4.69, 9.17) is 12.2 Å². The van der Waals surface area contributed by atoms with Crippen LogP contribution in [0.1, 0.15) is 26.3 Å². The molecular formula is C15H20N4O. The van der Waals surface area contributed by atoms with Crippen molar-refractivity contribution in [1.82, 2.24) is 5.32 Å². The Labute approximate surface area is 119 Å². The summed E-state index contributed by atoms with van der Waals surface area (Å²) >= 11 is 0. The van der Waals surface area contributed by atoms with E-state index in [1.54, 1.807) is 24.3 Å². The van der Waals surface area contributed by atoms with Crippen molar-refractivity contribution >= 4 is 17.6 Å². The van der Waals surface area contributed by atoms with Gasteiger partial charge in [-0.2, -0.15) is 0 Å². The lowest BCUT2D eigenvalue weighted by Gasteiger charge is -2.20. The van der Waals surface area contributed by atoms with Crippen LogP contribution < -0.4 is 16.4 Å². The van der Waals surface area contributed by atoms with Crippen LogP contribution >= 0.6 is 0 Å². The number of carbonyl (C=O) groups excluding carboxylic acids is 1. The molecule has 0 atom stereocenters. The highest BCUT2D eigenvalue weighted by Crippen LogP contribution is 2.09. The molecule has 0 aliphatic rings. The molecule has 4 N–H and O–H groups in total. The topological polar surface area (TPSA) is 79.5 Å². The van der Waals surface area contributed by atoms with Crippen LogP contribution in [0.5, 0.6) is 0 Å². The number of nitrogens with zero attached hydrogens (tertiary/aromatic N) is 1. The molecule has 0 bridgehead atoms. The third kappa shape index (κ3) is 5.91. The number of terminal acetylenes is 1. The van der Waals surface area contributed by atoms with Crippen LogP contribution in [0, 0.1) is 12.3 Å². The highest BCUT2D eigenvalue weighted by Gasteiger charge is 2.10. The summed E-state index contributed by atoms with van der Waals surface area (Å²) in [5, 5.41) is 5.69. The smallest absolute Gasteiger partial charge is 0.246 e. The standard InChI is InChI=1S/C15H20N4O/c1-5-11-7-6-8-12(9-11)18-13(20)10-17-14(16)19-15(2,3)4/h1,6-9H,10H2,2-4H3,(H,18,20)(H3,16,17,19). The van der Waals surface area contributed by atoms with Crippen LogP contribution in [-0.4, -0.2) is 24.0 Å². The predicted molar refractivity (Wildman–Crippen MR) is 82.4 cm³/mol. The van der Waals surface area contributed by atoms with Crippen LogP contribution in [0.2, 0.25) is 0 Å². The fraction of sp³-hybridized carbons (Fsp3) is 0.333. The number of rotatable bonds is 3. The second kappa shape index (κ2) is 6.62. The van der Waals surface area contributed by atoms with Crippen LogP contribution in [0.15, 0.2) is 29.3 Å². The summed E-state index contributed by atoms with van der Waals surface area (Å²) in [6.07, 6.45) is 5.30. The zero-order valence-corrected chi connectivity index (χ0v) is 12.0. The molecule has 1 rings (SSSR count). The van der Waals surface area contributed by atoms with Gasteiger partial charge in [0.15, 0.2) is 5.96 Å². The van der Waals surface area contributed by atoms with Gasteiger partial charge in [-0.15, -0.1) is 6.42 Å². The van der Waals surface area contributed by atoms with E-state index in [0.29, 0.717) is 11.3 Å². The summed E-state index contributed by atoms with van der Waals surface area (Å²) in [6, 6.07) is 7.06. The van der Waals surface area contributed by atoms with Gasteiger partial charge in [0.05, 0.1) is 0 Å². The normalized spacial score (nSPS) is 11.6. The number of amides is 1. The number of nitrogens with one attached hydrogen (secondary N) is 2. The molecule has 0 saturated heterocycles. The first kappa shape index (κ1) is 15.6. The van der Waals surface area contributed by atoms with Gasteiger partial charge < -0.3 is 16.4 Å². The zero-order chi connectivity index (χ0) is 15.2. The average molecular weight is 272 g/mol. The van der Waals surface area contributed by atoms with E-state index < -0.39 is 0 Å². The first-order chi connectivity index (χ1) is 9.30. The summed E-state index contributed by atoms with van der Waals surface area (Å²) < 4.78 is 0. The van der Waals surface area contributed by atoms with Gasteiger partial charge in [0.2, 0.25) is 5.91 Å². The number of anilines is 1. The molecule has 1 amide bonds. The van der Waals surface area contributed by atoms with Crippen molar-refractivity contribution in [2.75, 3.05) is 11.9 Å². The van der Waals surface area contributed by atoms with Crippen molar-refractivity contribution < 1.29 is 4.79 Å². The van der Waals surface area contributed by atoms with Crippen molar-refractivity contribution in [2.24, 2.45) is 10.7 Å². The molecule has 0 aliphatic carbocycles. The van der Waals surface area contributed by atoms with Crippen molar-refractivity contribution in [1.29, 1.82) is 0 Å². The molecule has 0 radical (unpaired) electrons. The Morgan fingerprint density at radius 1 is 1.45 bits per heavy atom. The van der Waals surface area contributed by atoms with E-state index in [2.05, 4.69) is 21.5 Å². The van der Waals surface area contributed by atoms with E-state index >= 15 is 0 Å². The largest absolute Gasteiger partial charge is 0.370 e. The van der Waals surface area contributed by atoms with Gasteiger partial charge in [-0.25, -0.2) is 4.99 Å². The Balaban J connectivity index is 2.56. The Hall–Kier alpha value is -2.48. The lowest BCUT2D eigenvalue weighted by molar-refractivity contribution is -0.114. The molecule has 106 valence electrons. The molecule has 0 saturated carbocycles. The number of guanidine groups is 1. The molecule has 5 heteroatoms. The molecule has 1 aromatic rings. The van der Waals surface area contributed by atoms with Crippen LogP contribution in [0.3, 0.4) is 0 Å². The van der Waals surface area contributed by atoms with Gasteiger partial charge in [0.1, 0.15) is 6.54 Å². The van der Waals surface area contributed by atoms with Crippen LogP contribution in [0.4, 0.5) is 5.69 Å². The Morgan fingerprint density at radius 3 is 2.75 bits per heavy atom. The van der Waals surface area contributed by atoms with Gasteiger partial charge in [-0.3, -0.25) is 4.79 Å². The Bertz CT molecular complexity index is 550. The maximum absolute atomic E-state index is 11.7. The number of hydrogen-bond acceptors (Lipinski definition) is 2. The molecule has 0 fully saturated rings. The first-order valence-electron chi connectivity index (χ1n) is 6.25. The van der Waals surface area contributed by atoms with E-state index in [0.717, 1.165) is 0 Å². The van der Waals surface area contributed by atoms with Crippen molar-refractivity contribution in [3.05, 3.63) is 29.8 Å². The predicted octanol–water partition coefficient (Wildman–Crippen LogP) is 1.31. The number of aliphatic imine (C=N–C) groups is 1. The maximum atomic E-state index is 11.7. The summed E-state index contributed by atoms with van der Waals surface area (Å²) in [6.45, 7) is 5.83. The van der Waals surface area contributed by atoms with Gasteiger partial charge in [-0.05, 0) is 39.0 Å². The second-order valence-corrected chi connectivity index (χ2v) is 5.35. The first-order valence-corrected chi connectivity index (χ1v) is 6.25. The van der Waals surface area contributed by atoms with Crippen molar-refractivity contribution in [2.45, 2.75) is 26.3 Å². The van der Waals surface area contributed by atoms with Crippen molar-refractivity contribution in [3.8, 4) is 12.3 Å². The highest BCUT2D eigenvalue weighted by molar-refractivity contribution is 5.94. The minimum atomic E-state index is -0.252. The minimum absolute atomic E-state index is 0.0464. The molecule has 5 nitrogen and oxygen atoms in total. The maximum Gasteiger partial charge on any atom is 0.246 e. The number of carbonyl (C=O) groups is 1. The quantitative estimate of drug-likeness (QED) is 0.441. The minimum Gasteiger partial charge on any atom is -0.370 e. The summed E-state index contributed by atoms with van der Waals surface area (Å²) in [4.78, 5) is 15.7. The van der Waals surface area contributed by atoms with Gasteiger partial charge in [0, 0.05) is 16.8 Å². The molecule has 0 spiro atoms. The Morgan fingerprint density at radius 2 is 2.15 bits per heavy atom. The molecule has 0 aromatic heterocycles. The van der Waals surface area contributed by atoms with E-state index in [-0.39, 0.29) is 24.0 Å². The molecule has 1 aromatic carbocycles. The number of hydrogen-bond donors (Lipinski definition) is 3. The van der Waals surface area contributed by atoms with E-state index in [1.807, 2.05) is 20.8 Å². The van der Waals surface area contributed by atoms with E-state index in [1.165, 1.54) is 0 Å². The zero-order valence-electron chi connectivity index (χ0n) is 12.0. The molecule has 20 heavy (non-hydrogen) atoms. The van der Waals surface area contributed by atoms with Gasteiger partial charge in [0.25, 0.3) is 0 Å². The van der Waals surface area contributed by atoms with E-state index in [9.17, 15) is 4.79 Å². The van der Waals surface area contributed by atoms with Gasteiger partial charge in [-0.1, -0.05) is 12.0 Å². The highest BCUT2D eigenvalue weighted by atomic mass is 16.1. The fourth-order valence-corrected chi connectivity index (χ4v) is 1.47. The third-order valence-corrected chi connectivity index (χ3v) is 2.21. The van der Waals surface area contributed by atoms with Crippen LogP contribution in [-0.2, 0) is 4.79 Å². The molecule has 0 heterocycles. The number of nitrogens with two attached hydrogens (primary N) is 1. The summed E-state index contributed by atoms with van der Waals surface area (Å²) in [7, 11) is 0. The van der Waals surface area contributed by atoms with Gasteiger partial charge >= 0.3 is 0 Å². The Kier molecular flexibility index (Phi) is 5.15. The number of benzene rings is 1. The third-order valence-electron chi connectivity index (χ3n) is 2.21. The molecule has 0 unspecified atom stereocenters. The summed E-state index contributed by atoms with van der Waals surface area (Å²) in [5.41, 5.74) is 6.84. The average Bonchev–Trinajstić information content (AvgIpc) is 2.34. The lowest BCUT2D eigenvalue weighted by Crippen LogP contribution is -2.45.